The van der Waals surface area contributed by atoms with E-state index in [1.54, 1.807) is 6.92 Å². The summed E-state index contributed by atoms with van der Waals surface area (Å²) in [6, 6.07) is 0. The van der Waals surface area contributed by atoms with Gasteiger partial charge in [0.1, 0.15) is 0 Å². The summed E-state index contributed by atoms with van der Waals surface area (Å²) in [7, 11) is -4.26. The second-order valence-corrected chi connectivity index (χ2v) is 2.41. The first-order valence-electron chi connectivity index (χ1n) is 2.81. The average molecular weight is 211 g/mol. The van der Waals surface area contributed by atoms with Gasteiger partial charge in [-0.1, -0.05) is 6.08 Å². The molecule has 0 saturated carbocycles. The molecule has 0 atom stereocenters. The van der Waals surface area contributed by atoms with Crippen molar-refractivity contribution in [2.45, 2.75) is 6.92 Å². The van der Waals surface area contributed by atoms with E-state index in [1.165, 1.54) is 6.08 Å². The largest absolute Gasteiger partial charge is 0.397 e. The minimum atomic E-state index is -4.26. The summed E-state index contributed by atoms with van der Waals surface area (Å²) in [6.45, 7) is 4.90. The zero-order chi connectivity index (χ0) is 9.33. The SMILES string of the molecule is C=CCOS(=O)(=O)O.CCO.[MgH2]. The van der Waals surface area contributed by atoms with Gasteiger partial charge in [0.05, 0.1) is 6.61 Å². The van der Waals surface area contributed by atoms with Gasteiger partial charge in [0, 0.05) is 6.61 Å². The lowest BCUT2D eigenvalue weighted by atomic mass is 10.7. The number of aliphatic hydroxyl groups is 1. The monoisotopic (exact) mass is 210 g/mol. The van der Waals surface area contributed by atoms with Gasteiger partial charge < -0.3 is 5.11 Å². The molecular weight excluding hydrogens is 196 g/mol. The minimum Gasteiger partial charge on any atom is -0.397 e. The highest BCUT2D eigenvalue weighted by Crippen LogP contribution is 1.83. The Labute approximate surface area is 88.5 Å². The Bertz CT molecular complexity index is 176. The summed E-state index contributed by atoms with van der Waals surface area (Å²) in [5.41, 5.74) is 0. The summed E-state index contributed by atoms with van der Waals surface area (Å²) in [5, 5.41) is 7.57. The molecule has 0 aliphatic carbocycles. The first-order valence-corrected chi connectivity index (χ1v) is 4.18. The predicted molar refractivity (Wildman–Crippen MR) is 49.0 cm³/mol. The lowest BCUT2D eigenvalue weighted by Crippen LogP contribution is -2.02. The van der Waals surface area contributed by atoms with Crippen LogP contribution in [0.15, 0.2) is 12.7 Å². The van der Waals surface area contributed by atoms with Crippen LogP contribution in [0.2, 0.25) is 0 Å². The minimum absolute atomic E-state index is 0. The number of hydrogen-bond donors (Lipinski definition) is 2. The van der Waals surface area contributed by atoms with Gasteiger partial charge in [0.2, 0.25) is 0 Å². The lowest BCUT2D eigenvalue weighted by molar-refractivity contribution is 0.296. The molecule has 0 aromatic rings. The van der Waals surface area contributed by atoms with Crippen LogP contribution in [0.4, 0.5) is 0 Å². The van der Waals surface area contributed by atoms with Crippen molar-refractivity contribution in [2.75, 3.05) is 13.2 Å². The van der Waals surface area contributed by atoms with E-state index in [-0.39, 0.29) is 36.3 Å². The molecule has 2 N–H and O–H groups in total. The molecule has 0 aromatic carbocycles. The summed E-state index contributed by atoms with van der Waals surface area (Å²) in [5.74, 6) is 0. The van der Waals surface area contributed by atoms with Gasteiger partial charge in [-0.2, -0.15) is 8.42 Å². The Hall–Kier alpha value is 0.336. The van der Waals surface area contributed by atoms with E-state index in [2.05, 4.69) is 10.8 Å². The number of hydrogen-bond acceptors (Lipinski definition) is 4. The van der Waals surface area contributed by atoms with Crippen molar-refractivity contribution >= 4 is 33.5 Å². The first-order chi connectivity index (χ1) is 4.97. The van der Waals surface area contributed by atoms with Gasteiger partial charge in [-0.25, -0.2) is 4.18 Å². The molecule has 0 aliphatic rings. The van der Waals surface area contributed by atoms with Crippen LogP contribution in [0.5, 0.6) is 0 Å². The van der Waals surface area contributed by atoms with Crippen molar-refractivity contribution in [3.8, 4) is 0 Å². The van der Waals surface area contributed by atoms with Gasteiger partial charge >= 0.3 is 33.5 Å². The lowest BCUT2D eigenvalue weighted by Gasteiger charge is -1.90. The highest BCUT2D eigenvalue weighted by molar-refractivity contribution is 7.80. The molecule has 12 heavy (non-hydrogen) atoms. The summed E-state index contributed by atoms with van der Waals surface area (Å²) in [4.78, 5) is 0. The van der Waals surface area contributed by atoms with Crippen molar-refractivity contribution < 1.29 is 22.3 Å². The quantitative estimate of drug-likeness (QED) is 0.357. The summed E-state index contributed by atoms with van der Waals surface area (Å²) in [6.07, 6.45) is 1.22. The number of rotatable bonds is 3. The van der Waals surface area contributed by atoms with Crippen LogP contribution in [0.1, 0.15) is 6.92 Å². The second kappa shape index (κ2) is 11.3. The molecule has 0 fully saturated rings. The van der Waals surface area contributed by atoms with E-state index in [9.17, 15) is 8.42 Å². The third-order valence-electron chi connectivity index (χ3n) is 0.335. The molecule has 0 heterocycles. The van der Waals surface area contributed by atoms with Gasteiger partial charge in [0.25, 0.3) is 0 Å². The van der Waals surface area contributed by atoms with Crippen molar-refractivity contribution in [1.29, 1.82) is 0 Å². The molecule has 0 amide bonds. The molecule has 0 unspecified atom stereocenters. The van der Waals surface area contributed by atoms with Crippen molar-refractivity contribution in [3.05, 3.63) is 12.7 Å². The van der Waals surface area contributed by atoms with Gasteiger partial charge in [-0.05, 0) is 6.92 Å². The van der Waals surface area contributed by atoms with Crippen LogP contribution < -0.4 is 0 Å². The molecule has 0 aromatic heterocycles. The molecule has 0 bridgehead atoms. The van der Waals surface area contributed by atoms with E-state index < -0.39 is 10.4 Å². The van der Waals surface area contributed by atoms with E-state index in [4.69, 9.17) is 9.66 Å². The zero-order valence-corrected chi connectivity index (χ0v) is 7.04. The maximum atomic E-state index is 9.68. The molecule has 5 nitrogen and oxygen atoms in total. The maximum absolute atomic E-state index is 9.68. The fourth-order valence-corrected chi connectivity index (χ4v) is 0.402. The van der Waals surface area contributed by atoms with Crippen LogP contribution in [0.3, 0.4) is 0 Å². The molecule has 7 heteroatoms. The molecule has 72 valence electrons. The average Bonchev–Trinajstić information content (AvgIpc) is 1.84. The van der Waals surface area contributed by atoms with E-state index in [0.717, 1.165) is 0 Å². The van der Waals surface area contributed by atoms with Gasteiger partial charge in [-0.15, -0.1) is 6.58 Å². The van der Waals surface area contributed by atoms with Crippen molar-refractivity contribution in [3.63, 3.8) is 0 Å². The Morgan fingerprint density at radius 1 is 1.58 bits per heavy atom. The Balaban J connectivity index is -0.000000177. The summed E-state index contributed by atoms with van der Waals surface area (Å²) >= 11 is 0. The van der Waals surface area contributed by atoms with Crippen LogP contribution in [0, 0.1) is 0 Å². The predicted octanol–water partition coefficient (Wildman–Crippen LogP) is -0.926. The normalized spacial score (nSPS) is 8.92. The van der Waals surface area contributed by atoms with Crippen LogP contribution in [-0.2, 0) is 14.6 Å². The van der Waals surface area contributed by atoms with E-state index >= 15 is 0 Å². The topological polar surface area (TPSA) is 83.8 Å². The van der Waals surface area contributed by atoms with Gasteiger partial charge in [0.15, 0.2) is 0 Å². The molecule has 0 aliphatic heterocycles. The first kappa shape index (κ1) is 18.2. The standard InChI is InChI=1S/C3H6O4S.C2H6O.Mg.2H/c1-2-3-7-8(4,5)6;1-2-3;;;/h2H,1,3H2,(H,4,5,6);3H,2H2,1H3;;;. The highest BCUT2D eigenvalue weighted by atomic mass is 32.3. The van der Waals surface area contributed by atoms with Crippen molar-refractivity contribution in [1.82, 2.24) is 0 Å². The molecule has 0 rings (SSSR count). The molecule has 0 saturated heterocycles. The van der Waals surface area contributed by atoms with E-state index in [0.29, 0.717) is 0 Å². The van der Waals surface area contributed by atoms with E-state index in [1.807, 2.05) is 0 Å². The fourth-order valence-electron chi connectivity index (χ4n) is 0.134. The van der Waals surface area contributed by atoms with Crippen molar-refractivity contribution in [2.24, 2.45) is 0 Å². The molecular formula is C5H14MgO5S. The molecule has 0 spiro atoms. The Kier molecular flexibility index (Phi) is 17.2. The third kappa shape index (κ3) is 31.6. The Morgan fingerprint density at radius 2 is 1.92 bits per heavy atom. The summed E-state index contributed by atoms with van der Waals surface area (Å²) < 4.78 is 31.0. The fraction of sp³-hybridized carbons (Fsp3) is 0.600. The number of aliphatic hydroxyl groups excluding tert-OH is 1. The van der Waals surface area contributed by atoms with Gasteiger partial charge in [-0.3, -0.25) is 4.55 Å². The second-order valence-electron chi connectivity index (χ2n) is 1.32. The Morgan fingerprint density at radius 3 is 2.00 bits per heavy atom. The highest BCUT2D eigenvalue weighted by Gasteiger charge is 1.99. The smallest absolute Gasteiger partial charge is 0.397 e. The molecule has 0 radical (unpaired) electrons. The third-order valence-corrected chi connectivity index (χ3v) is 0.769. The van der Waals surface area contributed by atoms with Crippen LogP contribution in [0.25, 0.3) is 0 Å². The zero-order valence-electron chi connectivity index (χ0n) is 6.23. The van der Waals surface area contributed by atoms with Crippen LogP contribution in [-0.4, -0.2) is 54.3 Å². The van der Waals surface area contributed by atoms with Crippen LogP contribution >= 0.6 is 0 Å². The maximum Gasteiger partial charge on any atom is 0.397 e.